The highest BCUT2D eigenvalue weighted by Gasteiger charge is 2.22. The molecule has 1 aliphatic heterocycles. The molecule has 7 nitrogen and oxygen atoms in total. The van der Waals surface area contributed by atoms with Gasteiger partial charge in [-0.2, -0.15) is 5.10 Å². The van der Waals surface area contributed by atoms with E-state index in [1.807, 2.05) is 29.1 Å². The van der Waals surface area contributed by atoms with Crippen LogP contribution in [0.5, 0.6) is 0 Å². The first kappa shape index (κ1) is 21.3. The van der Waals surface area contributed by atoms with Gasteiger partial charge >= 0.3 is 6.03 Å². The van der Waals surface area contributed by atoms with E-state index in [-0.39, 0.29) is 6.03 Å². The monoisotopic (exact) mass is 399 g/mol. The first-order chi connectivity index (χ1) is 14.1. The Labute approximate surface area is 173 Å². The van der Waals surface area contributed by atoms with Gasteiger partial charge < -0.3 is 15.4 Å². The van der Waals surface area contributed by atoms with Gasteiger partial charge in [-0.15, -0.1) is 0 Å². The average molecular weight is 400 g/mol. The third-order valence-electron chi connectivity index (χ3n) is 5.25. The first-order valence-electron chi connectivity index (χ1n) is 10.5. The predicted molar refractivity (Wildman–Crippen MR) is 114 cm³/mol. The van der Waals surface area contributed by atoms with Crippen LogP contribution in [-0.4, -0.2) is 59.6 Å². The van der Waals surface area contributed by atoms with Crippen LogP contribution >= 0.6 is 0 Å². The number of aromatic nitrogens is 2. The number of nitrogens with one attached hydrogen (secondary N) is 2. The summed E-state index contributed by atoms with van der Waals surface area (Å²) in [7, 11) is 0. The maximum absolute atomic E-state index is 12.4. The Morgan fingerprint density at radius 2 is 1.90 bits per heavy atom. The Kier molecular flexibility index (Phi) is 8.07. The van der Waals surface area contributed by atoms with Gasteiger partial charge in [0.15, 0.2) is 0 Å². The zero-order valence-electron chi connectivity index (χ0n) is 17.5. The van der Waals surface area contributed by atoms with Crippen molar-refractivity contribution in [3.63, 3.8) is 0 Å². The molecule has 1 unspecified atom stereocenters. The van der Waals surface area contributed by atoms with Crippen LogP contribution in [0.2, 0.25) is 0 Å². The molecule has 2 N–H and O–H groups in total. The molecule has 0 aliphatic carbocycles. The average Bonchev–Trinajstić information content (AvgIpc) is 3.24. The molecule has 158 valence electrons. The Morgan fingerprint density at radius 3 is 2.59 bits per heavy atom. The summed E-state index contributed by atoms with van der Waals surface area (Å²) in [5, 5.41) is 10.3. The zero-order chi connectivity index (χ0) is 20.5. The van der Waals surface area contributed by atoms with Crippen molar-refractivity contribution in [2.24, 2.45) is 5.92 Å². The van der Waals surface area contributed by atoms with E-state index >= 15 is 0 Å². The number of amides is 2. The molecule has 0 saturated carbocycles. The van der Waals surface area contributed by atoms with Crippen molar-refractivity contribution < 1.29 is 9.53 Å². The summed E-state index contributed by atoms with van der Waals surface area (Å²) in [6, 6.07) is 10.3. The SMILES string of the molecule is CC(C)CC(CNC(=O)NCc1ccccc1Cn1cccn1)N1CCOCC1. The summed E-state index contributed by atoms with van der Waals surface area (Å²) in [5.41, 5.74) is 2.26. The van der Waals surface area contributed by atoms with Crippen molar-refractivity contribution in [3.05, 3.63) is 53.9 Å². The van der Waals surface area contributed by atoms with E-state index in [1.165, 1.54) is 0 Å². The Hall–Kier alpha value is -2.38. The number of rotatable bonds is 9. The molecular formula is C22H33N5O2. The van der Waals surface area contributed by atoms with Crippen molar-refractivity contribution in [2.45, 2.75) is 39.4 Å². The van der Waals surface area contributed by atoms with Crippen LogP contribution in [0.25, 0.3) is 0 Å². The number of hydrogen-bond acceptors (Lipinski definition) is 4. The van der Waals surface area contributed by atoms with Gasteiger partial charge in [0.25, 0.3) is 0 Å². The molecule has 29 heavy (non-hydrogen) atoms. The summed E-state index contributed by atoms with van der Waals surface area (Å²) in [6.07, 6.45) is 4.78. The van der Waals surface area contributed by atoms with Crippen LogP contribution in [0.3, 0.4) is 0 Å². The number of morpholine rings is 1. The van der Waals surface area contributed by atoms with Crippen LogP contribution in [0.4, 0.5) is 4.79 Å². The molecule has 2 amide bonds. The van der Waals surface area contributed by atoms with Gasteiger partial charge in [-0.1, -0.05) is 38.1 Å². The number of nitrogens with zero attached hydrogens (tertiary/aromatic N) is 3. The van der Waals surface area contributed by atoms with E-state index < -0.39 is 0 Å². The maximum Gasteiger partial charge on any atom is 0.315 e. The molecule has 1 fully saturated rings. The van der Waals surface area contributed by atoms with Gasteiger partial charge in [-0.25, -0.2) is 4.79 Å². The summed E-state index contributed by atoms with van der Waals surface area (Å²) >= 11 is 0. The molecule has 2 heterocycles. The summed E-state index contributed by atoms with van der Waals surface area (Å²) in [5.74, 6) is 0.585. The minimum atomic E-state index is -0.124. The minimum absolute atomic E-state index is 0.124. The van der Waals surface area contributed by atoms with E-state index in [9.17, 15) is 4.79 Å². The molecule has 3 rings (SSSR count). The van der Waals surface area contributed by atoms with Crippen LogP contribution in [0.1, 0.15) is 31.4 Å². The molecule has 0 radical (unpaired) electrons. The van der Waals surface area contributed by atoms with Gasteiger partial charge in [0.2, 0.25) is 0 Å². The number of urea groups is 1. The van der Waals surface area contributed by atoms with Crippen molar-refractivity contribution in [1.29, 1.82) is 0 Å². The molecule has 1 aromatic carbocycles. The molecular weight excluding hydrogens is 366 g/mol. The number of ether oxygens (including phenoxy) is 1. The molecule has 7 heteroatoms. The highest BCUT2D eigenvalue weighted by atomic mass is 16.5. The lowest BCUT2D eigenvalue weighted by Gasteiger charge is -2.35. The van der Waals surface area contributed by atoms with Crippen LogP contribution in [0.15, 0.2) is 42.7 Å². The van der Waals surface area contributed by atoms with Gasteiger partial charge in [0.1, 0.15) is 0 Å². The third kappa shape index (κ3) is 6.87. The summed E-state index contributed by atoms with van der Waals surface area (Å²) < 4.78 is 7.36. The highest BCUT2D eigenvalue weighted by molar-refractivity contribution is 5.73. The van der Waals surface area contributed by atoms with Crippen molar-refractivity contribution in [1.82, 2.24) is 25.3 Å². The Bertz CT molecular complexity index is 741. The standard InChI is InChI=1S/C22H33N5O2/c1-18(2)14-21(26-10-12-29-13-11-26)16-24-22(28)23-15-19-6-3-4-7-20(19)17-27-9-5-8-25-27/h3-9,18,21H,10-17H2,1-2H3,(H2,23,24,28). The number of carbonyl (C=O) groups excluding carboxylic acids is 1. The fourth-order valence-electron chi connectivity index (χ4n) is 3.75. The normalized spacial score (nSPS) is 16.0. The second-order valence-corrected chi connectivity index (χ2v) is 7.97. The molecule has 0 bridgehead atoms. The largest absolute Gasteiger partial charge is 0.379 e. The van der Waals surface area contributed by atoms with Crippen LogP contribution < -0.4 is 10.6 Å². The Balaban J connectivity index is 1.50. The lowest BCUT2D eigenvalue weighted by Crippen LogP contribution is -2.50. The van der Waals surface area contributed by atoms with Crippen LogP contribution in [0, 0.1) is 5.92 Å². The second kappa shape index (κ2) is 11.0. The van der Waals surface area contributed by atoms with E-state index in [0.29, 0.717) is 31.6 Å². The zero-order valence-corrected chi connectivity index (χ0v) is 17.5. The van der Waals surface area contributed by atoms with Crippen molar-refractivity contribution in [3.8, 4) is 0 Å². The predicted octanol–water partition coefficient (Wildman–Crippen LogP) is 2.48. The lowest BCUT2D eigenvalue weighted by atomic mass is 10.0. The van der Waals surface area contributed by atoms with Gasteiger partial charge in [-0.3, -0.25) is 9.58 Å². The number of benzene rings is 1. The quantitative estimate of drug-likeness (QED) is 0.680. The molecule has 1 aromatic heterocycles. The van der Waals surface area contributed by atoms with E-state index in [4.69, 9.17) is 4.74 Å². The van der Waals surface area contributed by atoms with E-state index in [0.717, 1.165) is 43.9 Å². The summed E-state index contributed by atoms with van der Waals surface area (Å²) in [6.45, 7) is 9.70. The van der Waals surface area contributed by atoms with Crippen molar-refractivity contribution >= 4 is 6.03 Å². The summed E-state index contributed by atoms with van der Waals surface area (Å²) in [4.78, 5) is 14.9. The molecule has 1 atom stereocenters. The fourth-order valence-corrected chi connectivity index (χ4v) is 3.75. The molecule has 1 aliphatic rings. The van der Waals surface area contributed by atoms with Gasteiger partial charge in [-0.05, 0) is 29.5 Å². The van der Waals surface area contributed by atoms with Crippen LogP contribution in [-0.2, 0) is 17.8 Å². The number of carbonyl (C=O) groups is 1. The smallest absolute Gasteiger partial charge is 0.315 e. The van der Waals surface area contributed by atoms with E-state index in [1.54, 1.807) is 6.20 Å². The Morgan fingerprint density at radius 1 is 1.14 bits per heavy atom. The first-order valence-corrected chi connectivity index (χ1v) is 10.5. The lowest BCUT2D eigenvalue weighted by molar-refractivity contribution is 0.0129. The molecule has 0 spiro atoms. The molecule has 1 saturated heterocycles. The van der Waals surface area contributed by atoms with E-state index in [2.05, 4.69) is 46.6 Å². The molecule has 2 aromatic rings. The highest BCUT2D eigenvalue weighted by Crippen LogP contribution is 2.13. The third-order valence-corrected chi connectivity index (χ3v) is 5.25. The number of hydrogen-bond donors (Lipinski definition) is 2. The fraction of sp³-hybridized carbons (Fsp3) is 0.545. The minimum Gasteiger partial charge on any atom is -0.379 e. The van der Waals surface area contributed by atoms with Gasteiger partial charge in [0, 0.05) is 44.6 Å². The topological polar surface area (TPSA) is 71.4 Å². The maximum atomic E-state index is 12.4. The van der Waals surface area contributed by atoms with Crippen molar-refractivity contribution in [2.75, 3.05) is 32.8 Å². The van der Waals surface area contributed by atoms with Gasteiger partial charge in [0.05, 0.1) is 19.8 Å². The second-order valence-electron chi connectivity index (χ2n) is 7.97.